The minimum atomic E-state index is -0.394. The summed E-state index contributed by atoms with van der Waals surface area (Å²) in [6.07, 6.45) is 13.9. The van der Waals surface area contributed by atoms with E-state index < -0.39 is 5.41 Å². The van der Waals surface area contributed by atoms with Crippen LogP contribution in [-0.4, -0.2) is 6.54 Å². The van der Waals surface area contributed by atoms with E-state index in [-0.39, 0.29) is 5.41 Å². The van der Waals surface area contributed by atoms with E-state index in [0.29, 0.717) is 0 Å². The quantitative estimate of drug-likeness (QED) is 0.165. The molecule has 0 saturated heterocycles. The molecule has 0 N–H and O–H groups in total. The Bertz CT molecular complexity index is 2860. The molecule has 0 saturated carbocycles. The summed E-state index contributed by atoms with van der Waals surface area (Å²) in [6.45, 7) is 5.76. The lowest BCUT2D eigenvalue weighted by Gasteiger charge is -2.42. The van der Waals surface area contributed by atoms with Crippen LogP contribution < -0.4 is 9.80 Å². The first-order valence-electron chi connectivity index (χ1n) is 21.4. The Balaban J connectivity index is 0.948. The molecule has 12 rings (SSSR count). The van der Waals surface area contributed by atoms with Crippen molar-refractivity contribution in [3.8, 4) is 22.3 Å². The molecule has 3 aliphatic carbocycles. The van der Waals surface area contributed by atoms with Crippen LogP contribution in [0.2, 0.25) is 0 Å². The maximum absolute atomic E-state index is 2.63. The minimum absolute atomic E-state index is 0.0743. The van der Waals surface area contributed by atoms with Crippen molar-refractivity contribution in [2.75, 3.05) is 16.3 Å². The second kappa shape index (κ2) is 12.9. The first-order chi connectivity index (χ1) is 29.0. The average molecular weight is 759 g/mol. The fourth-order valence-corrected chi connectivity index (χ4v) is 11.4. The number of rotatable bonds is 4. The number of anilines is 4. The molecule has 0 fully saturated rings. The van der Waals surface area contributed by atoms with Gasteiger partial charge in [-0.25, -0.2) is 0 Å². The molecule has 5 aliphatic rings. The third-order valence-corrected chi connectivity index (χ3v) is 14.1. The molecule has 2 aliphatic heterocycles. The first kappa shape index (κ1) is 34.4. The van der Waals surface area contributed by atoms with Gasteiger partial charge in [-0.1, -0.05) is 153 Å². The van der Waals surface area contributed by atoms with Gasteiger partial charge in [-0.15, -0.1) is 0 Å². The van der Waals surface area contributed by atoms with Crippen LogP contribution in [0.15, 0.2) is 181 Å². The summed E-state index contributed by atoms with van der Waals surface area (Å²) >= 11 is 0. The van der Waals surface area contributed by atoms with Crippen molar-refractivity contribution >= 4 is 34.9 Å². The molecule has 59 heavy (non-hydrogen) atoms. The second-order valence-electron chi connectivity index (χ2n) is 17.5. The van der Waals surface area contributed by atoms with Gasteiger partial charge in [0.05, 0.1) is 16.8 Å². The molecular formula is C57H46N2. The molecule has 0 radical (unpaired) electrons. The predicted molar refractivity (Wildman–Crippen MR) is 247 cm³/mol. The minimum Gasteiger partial charge on any atom is -0.345 e. The summed E-state index contributed by atoms with van der Waals surface area (Å²) in [6, 6.07) is 59.7. The lowest BCUT2D eigenvalue weighted by molar-refractivity contribution is 0.632. The number of hydrogen-bond acceptors (Lipinski definition) is 2. The van der Waals surface area contributed by atoms with Gasteiger partial charge in [0.2, 0.25) is 0 Å². The number of para-hydroxylation sites is 2. The zero-order valence-electron chi connectivity index (χ0n) is 33.8. The molecule has 0 atom stereocenters. The summed E-state index contributed by atoms with van der Waals surface area (Å²) in [7, 11) is 0. The summed E-state index contributed by atoms with van der Waals surface area (Å²) in [5.41, 5.74) is 23.6. The summed E-state index contributed by atoms with van der Waals surface area (Å²) < 4.78 is 0. The van der Waals surface area contributed by atoms with Crippen molar-refractivity contribution in [2.45, 2.75) is 50.4 Å². The van der Waals surface area contributed by atoms with Crippen LogP contribution in [-0.2, 0) is 10.8 Å². The van der Waals surface area contributed by atoms with Crippen LogP contribution in [0, 0.1) is 0 Å². The fourth-order valence-electron chi connectivity index (χ4n) is 11.4. The van der Waals surface area contributed by atoms with Gasteiger partial charge in [-0.3, -0.25) is 0 Å². The highest BCUT2D eigenvalue weighted by Crippen LogP contribution is 2.63. The van der Waals surface area contributed by atoms with Crippen molar-refractivity contribution in [1.82, 2.24) is 0 Å². The standard InChI is InChI=1S/C57H46N2/c1-56(2)49-20-8-11-23-54(49)59(55-24-12-9-21-50(55)56)41-30-27-38(28-31-41)25-26-39-29-33-45-46-34-32-42(58-35-13-15-40-14-3-10-22-53(40)58)37-52(46)57(51(45)36-39)47-18-6-4-16-43(47)44-17-5-7-19-48(44)57/h3-9,11-12,14,16-21,23-34,36-37H,10,13,15,22,35H2,1-2H3/b26-25+. The lowest BCUT2D eigenvalue weighted by Crippen LogP contribution is -2.30. The summed E-state index contributed by atoms with van der Waals surface area (Å²) in [4.78, 5) is 5.06. The zero-order valence-corrected chi connectivity index (χ0v) is 33.8. The topological polar surface area (TPSA) is 6.48 Å². The third-order valence-electron chi connectivity index (χ3n) is 14.1. The van der Waals surface area contributed by atoms with E-state index in [1.54, 1.807) is 0 Å². The smallest absolute Gasteiger partial charge is 0.0726 e. The summed E-state index contributed by atoms with van der Waals surface area (Å²) in [5, 5.41) is 0. The summed E-state index contributed by atoms with van der Waals surface area (Å²) in [5.74, 6) is 0. The first-order valence-corrected chi connectivity index (χ1v) is 21.4. The highest BCUT2D eigenvalue weighted by Gasteiger charge is 2.52. The van der Waals surface area contributed by atoms with Crippen LogP contribution >= 0.6 is 0 Å². The van der Waals surface area contributed by atoms with Crippen molar-refractivity contribution in [2.24, 2.45) is 0 Å². The Kier molecular flexibility index (Phi) is 7.54. The fraction of sp³-hybridized carbons (Fsp3) is 0.158. The van der Waals surface area contributed by atoms with Gasteiger partial charge in [0.1, 0.15) is 0 Å². The predicted octanol–water partition coefficient (Wildman–Crippen LogP) is 14.5. The van der Waals surface area contributed by atoms with Crippen molar-refractivity contribution in [3.05, 3.63) is 226 Å². The van der Waals surface area contributed by atoms with E-state index in [9.17, 15) is 0 Å². The number of fused-ring (bicyclic) bond motifs is 12. The lowest BCUT2D eigenvalue weighted by atomic mass is 9.70. The monoisotopic (exact) mass is 758 g/mol. The van der Waals surface area contributed by atoms with Gasteiger partial charge < -0.3 is 9.80 Å². The van der Waals surface area contributed by atoms with Crippen LogP contribution in [0.1, 0.15) is 84.0 Å². The van der Waals surface area contributed by atoms with Crippen LogP contribution in [0.3, 0.4) is 0 Å². The van der Waals surface area contributed by atoms with Gasteiger partial charge in [0.25, 0.3) is 0 Å². The highest BCUT2D eigenvalue weighted by atomic mass is 15.2. The molecule has 1 spiro atoms. The zero-order chi connectivity index (χ0) is 39.3. The van der Waals surface area contributed by atoms with Gasteiger partial charge >= 0.3 is 0 Å². The van der Waals surface area contributed by atoms with E-state index in [1.807, 2.05) is 0 Å². The molecule has 0 unspecified atom stereocenters. The number of benzene rings is 7. The highest BCUT2D eigenvalue weighted by molar-refractivity contribution is 5.96. The second-order valence-corrected chi connectivity index (χ2v) is 17.5. The Morgan fingerprint density at radius 3 is 1.73 bits per heavy atom. The van der Waals surface area contributed by atoms with E-state index in [0.717, 1.165) is 19.4 Å². The number of hydrogen-bond donors (Lipinski definition) is 0. The van der Waals surface area contributed by atoms with Gasteiger partial charge in [0.15, 0.2) is 0 Å². The molecular weight excluding hydrogens is 713 g/mol. The molecule has 2 heterocycles. The maximum atomic E-state index is 2.63. The average Bonchev–Trinajstić information content (AvgIpc) is 3.75. The Hall–Kier alpha value is -6.64. The third kappa shape index (κ3) is 4.93. The number of allylic oxidation sites excluding steroid dienone is 4. The molecule has 7 aromatic rings. The van der Waals surface area contributed by atoms with Crippen LogP contribution in [0.4, 0.5) is 22.7 Å². The van der Waals surface area contributed by atoms with E-state index in [2.05, 4.69) is 206 Å². The van der Waals surface area contributed by atoms with Crippen molar-refractivity contribution in [3.63, 3.8) is 0 Å². The Labute approximate surface area is 348 Å². The maximum Gasteiger partial charge on any atom is 0.0726 e. The van der Waals surface area contributed by atoms with Crippen molar-refractivity contribution < 1.29 is 0 Å². The van der Waals surface area contributed by atoms with Crippen LogP contribution in [0.5, 0.6) is 0 Å². The van der Waals surface area contributed by atoms with Crippen LogP contribution in [0.25, 0.3) is 34.4 Å². The molecule has 2 nitrogen and oxygen atoms in total. The largest absolute Gasteiger partial charge is 0.345 e. The molecule has 2 heteroatoms. The molecule has 7 aromatic carbocycles. The van der Waals surface area contributed by atoms with Gasteiger partial charge in [-0.2, -0.15) is 0 Å². The van der Waals surface area contributed by atoms with Gasteiger partial charge in [0, 0.05) is 29.0 Å². The molecule has 0 aromatic heterocycles. The Morgan fingerprint density at radius 2 is 1.03 bits per heavy atom. The SMILES string of the molecule is CC1(C)c2ccccc2N(c2ccc(/C=C/c3ccc4c(c3)C3(c5ccccc5-c5ccccc53)c3cc(N5CCCC6=C5CCC=C6)ccc3-4)cc2)c2ccccc21. The Morgan fingerprint density at radius 1 is 0.492 bits per heavy atom. The van der Waals surface area contributed by atoms with Crippen molar-refractivity contribution in [1.29, 1.82) is 0 Å². The molecule has 0 amide bonds. The van der Waals surface area contributed by atoms with E-state index >= 15 is 0 Å². The molecule has 0 bridgehead atoms. The number of nitrogens with zero attached hydrogens (tertiary/aromatic N) is 2. The molecule has 284 valence electrons. The van der Waals surface area contributed by atoms with Gasteiger partial charge in [-0.05, 0) is 140 Å². The van der Waals surface area contributed by atoms with E-state index in [1.165, 1.54) is 114 Å². The van der Waals surface area contributed by atoms with E-state index in [4.69, 9.17) is 0 Å². The normalized spacial score (nSPS) is 17.3.